The van der Waals surface area contributed by atoms with Crippen molar-refractivity contribution in [3.63, 3.8) is 0 Å². The van der Waals surface area contributed by atoms with Gasteiger partial charge in [-0.2, -0.15) is 57.4 Å². The molecule has 0 aliphatic heterocycles. The maximum atomic E-state index is 11.4. The van der Waals surface area contributed by atoms with Crippen molar-refractivity contribution in [2.45, 2.75) is 69.6 Å². The molecule has 0 unspecified atom stereocenters. The van der Waals surface area contributed by atoms with E-state index in [0.717, 1.165) is 32.4 Å². The molecule has 14 nitrogen and oxygen atoms in total. The Labute approximate surface area is 287 Å². The Morgan fingerprint density at radius 1 is 0.686 bits per heavy atom. The first-order chi connectivity index (χ1) is 22.3. The van der Waals surface area contributed by atoms with E-state index in [1.165, 1.54) is 30.9 Å². The first-order valence-corrected chi connectivity index (χ1v) is 19.1. The number of likely N-dealkylation sites (N-methyl/N-ethyl adjacent to an activating group) is 1. The van der Waals surface area contributed by atoms with Crippen molar-refractivity contribution in [3.05, 3.63) is 25.7 Å². The summed E-state index contributed by atoms with van der Waals surface area (Å²) in [5, 5.41) is 0. The summed E-state index contributed by atoms with van der Waals surface area (Å²) in [5.74, 6) is 0. The quantitative estimate of drug-likeness (QED) is 0.175. The van der Waals surface area contributed by atoms with Crippen LogP contribution >= 0.6 is 0 Å². The van der Waals surface area contributed by atoms with Gasteiger partial charge in [0.25, 0.3) is 0 Å². The van der Waals surface area contributed by atoms with Crippen LogP contribution in [0.4, 0.5) is 52.7 Å². The molecule has 1 aromatic rings. The van der Waals surface area contributed by atoms with Crippen LogP contribution in [0.2, 0.25) is 0 Å². The number of aryl methyl sites for hydroxylation is 2. The van der Waals surface area contributed by atoms with Gasteiger partial charge in [-0.15, -0.1) is 4.68 Å². The van der Waals surface area contributed by atoms with Crippen molar-refractivity contribution in [3.8, 4) is 0 Å². The van der Waals surface area contributed by atoms with Crippen LogP contribution in [0, 0.1) is 13.8 Å². The number of aromatic nitrogens is 2. The molecule has 0 spiro atoms. The van der Waals surface area contributed by atoms with Crippen molar-refractivity contribution in [2.24, 2.45) is 7.05 Å². The van der Waals surface area contributed by atoms with E-state index in [2.05, 4.69) is 64.1 Å². The van der Waals surface area contributed by atoms with Crippen LogP contribution in [0.3, 0.4) is 0 Å². The molecule has 0 atom stereocenters. The number of nitrogens with zero attached hydrogens (tertiary/aromatic N) is 5. The molecule has 0 N–H and O–H groups in total. The van der Waals surface area contributed by atoms with Gasteiger partial charge in [-0.3, -0.25) is 0 Å². The molecule has 0 fully saturated rings. The van der Waals surface area contributed by atoms with Crippen molar-refractivity contribution >= 4 is 40.1 Å². The Balaban J connectivity index is -0.000000611. The van der Waals surface area contributed by atoms with Gasteiger partial charge in [0.1, 0.15) is 6.54 Å². The lowest BCUT2D eigenvalue weighted by Gasteiger charge is -2.31. The van der Waals surface area contributed by atoms with Crippen molar-refractivity contribution in [1.82, 2.24) is 4.68 Å². The molecule has 1 aromatic heterocycles. The summed E-state index contributed by atoms with van der Waals surface area (Å²) in [6.45, 7) is 16.5. The summed E-state index contributed by atoms with van der Waals surface area (Å²) in [6, 6.07) is 2.22. The minimum atomic E-state index is -6.72. The summed E-state index contributed by atoms with van der Waals surface area (Å²) in [7, 11) is -20.8. The van der Waals surface area contributed by atoms with Crippen LogP contribution in [0.25, 0.3) is 8.25 Å². The molecule has 0 aliphatic carbocycles. The molecule has 1 heterocycles. The van der Waals surface area contributed by atoms with Crippen molar-refractivity contribution in [2.75, 3.05) is 40.4 Å². The van der Waals surface area contributed by atoms with Gasteiger partial charge in [0.2, 0.25) is 5.69 Å². The van der Waals surface area contributed by atoms with Gasteiger partial charge in [-0.25, -0.2) is 33.7 Å². The Morgan fingerprint density at radius 3 is 1.16 bits per heavy atom. The van der Waals surface area contributed by atoms with Gasteiger partial charge in [0.05, 0.1) is 39.0 Å². The van der Waals surface area contributed by atoms with Gasteiger partial charge in [-0.1, -0.05) is 6.92 Å². The van der Waals surface area contributed by atoms with Gasteiger partial charge >= 0.3 is 22.0 Å². The lowest BCUT2D eigenvalue weighted by Crippen LogP contribution is -2.45. The average molecular weight is 860 g/mol. The average Bonchev–Trinajstić information content (AvgIpc) is 3.15. The molecule has 0 bridgehead atoms. The highest BCUT2D eigenvalue weighted by molar-refractivity contribution is 8.13. The smallest absolute Gasteiger partial charge is 0.421 e. The second-order valence-electron chi connectivity index (χ2n) is 9.87. The highest BCUT2D eigenvalue weighted by Gasteiger charge is 2.48. The Bertz CT molecular complexity index is 1500. The van der Waals surface area contributed by atoms with E-state index >= 15 is 0 Å². The van der Waals surface area contributed by atoms with E-state index < -0.39 is 62.1 Å². The standard InChI is InChI=1S/C9H17N2.C8H20NO.2C2F6NO4S2/c1-5-6-11-9(3)7-8(2)10(11)4;1-5-9(3,6-2)7-8-10-4;2*3-1(4,5)14(10,11)9-15(12,13)2(6,7)8/h7H,5-6H2,1-4H3;5-8H2,1-4H3;;/q2*+1;2*-1. The maximum absolute atomic E-state index is 11.4. The zero-order valence-corrected chi connectivity index (χ0v) is 31.2. The van der Waals surface area contributed by atoms with Crippen molar-refractivity contribution < 1.29 is 100 Å². The highest BCUT2D eigenvalue weighted by atomic mass is 32.3. The lowest BCUT2D eigenvalue weighted by atomic mass is 10.4. The minimum absolute atomic E-state index is 0.778. The molecule has 0 amide bonds. The first-order valence-electron chi connectivity index (χ1n) is 13.4. The summed E-state index contributed by atoms with van der Waals surface area (Å²) in [5.41, 5.74) is -22.1. The predicted octanol–water partition coefficient (Wildman–Crippen LogP) is 4.58. The third-order valence-electron chi connectivity index (χ3n) is 6.06. The highest BCUT2D eigenvalue weighted by Crippen LogP contribution is 2.37. The van der Waals surface area contributed by atoms with E-state index in [9.17, 15) is 86.4 Å². The lowest BCUT2D eigenvalue weighted by molar-refractivity contribution is -0.906. The SMILES string of the molecule is CCCn1c(C)cc(C)[n+]1C.CC[N+](C)(CC)CCOC.O=S(=O)([N-]S(=O)(=O)C(F)(F)F)C(F)(F)F.O=S(=O)([N-]S(=O)(=O)C(F)(F)F)C(F)(F)F. The fraction of sp³-hybridized carbons (Fsp3) is 0.857. The molecule has 0 aliphatic rings. The van der Waals surface area contributed by atoms with Crippen LogP contribution in [-0.4, -0.2) is 105 Å². The van der Waals surface area contributed by atoms with E-state index in [1.54, 1.807) is 7.11 Å². The molecule has 0 saturated carbocycles. The topological polar surface area (TPSA) is 183 Å². The monoisotopic (exact) mass is 859 g/mol. The van der Waals surface area contributed by atoms with Crippen LogP contribution in [0.5, 0.6) is 0 Å². The number of hydrogen-bond donors (Lipinski definition) is 0. The number of sulfonamides is 4. The Kier molecular flexibility index (Phi) is 20.3. The van der Waals surface area contributed by atoms with Crippen LogP contribution in [0.1, 0.15) is 38.6 Å². The number of alkyl halides is 12. The van der Waals surface area contributed by atoms with E-state index in [0.29, 0.717) is 0 Å². The van der Waals surface area contributed by atoms with E-state index in [4.69, 9.17) is 4.74 Å². The van der Waals surface area contributed by atoms with E-state index in [1.807, 2.05) is 0 Å². The zero-order valence-electron chi connectivity index (χ0n) is 27.9. The largest absolute Gasteiger partial charge is 0.480 e. The minimum Gasteiger partial charge on any atom is -0.421 e. The molecule has 0 radical (unpaired) electrons. The second kappa shape index (κ2) is 19.4. The Hall–Kier alpha value is -1.99. The van der Waals surface area contributed by atoms with Crippen LogP contribution < -0.4 is 4.68 Å². The predicted molar refractivity (Wildman–Crippen MR) is 156 cm³/mol. The molecule has 0 saturated heterocycles. The van der Waals surface area contributed by atoms with Gasteiger partial charge < -0.3 is 17.5 Å². The van der Waals surface area contributed by atoms with Crippen molar-refractivity contribution in [1.29, 1.82) is 0 Å². The van der Waals surface area contributed by atoms with Gasteiger partial charge in [-0.05, 0) is 27.2 Å². The second-order valence-corrected chi connectivity index (χ2v) is 16.7. The molecule has 1 rings (SSSR count). The molecule has 51 heavy (non-hydrogen) atoms. The summed E-state index contributed by atoms with van der Waals surface area (Å²) < 4.78 is 229. The number of methoxy groups -OCH3 is 1. The van der Waals surface area contributed by atoms with Gasteiger partial charge in [0.15, 0.2) is 47.1 Å². The fourth-order valence-electron chi connectivity index (χ4n) is 2.71. The molecule has 0 aromatic carbocycles. The fourth-order valence-corrected chi connectivity index (χ4v) is 6.13. The number of quaternary nitrogens is 1. The molecular weight excluding hydrogens is 823 g/mol. The third kappa shape index (κ3) is 17.6. The number of rotatable bonds is 11. The summed E-state index contributed by atoms with van der Waals surface area (Å²) >= 11 is 0. The number of halogens is 12. The number of hydrogen-bond acceptors (Lipinski definition) is 9. The van der Waals surface area contributed by atoms with Crippen LogP contribution in [0.15, 0.2) is 6.07 Å². The van der Waals surface area contributed by atoms with E-state index in [-0.39, 0.29) is 0 Å². The third-order valence-corrected chi connectivity index (χ3v) is 11.5. The summed E-state index contributed by atoms with van der Waals surface area (Å²) in [4.78, 5) is 0. The normalized spacial score (nSPS) is 13.6. The number of ether oxygens (including phenoxy) is 1. The zero-order chi connectivity index (χ0) is 41.9. The molecular formula is C21H37F12N5O9S4. The summed E-state index contributed by atoms with van der Waals surface area (Å²) in [6.07, 6.45) is 1.20. The van der Waals surface area contributed by atoms with Crippen LogP contribution in [-0.2, 0) is 58.4 Å². The first kappa shape index (κ1) is 53.4. The molecule has 30 heteroatoms. The van der Waals surface area contributed by atoms with Gasteiger partial charge in [0, 0.05) is 20.1 Å². The molecule has 308 valence electrons. The maximum Gasteiger partial charge on any atom is 0.480 e. The Morgan fingerprint density at radius 2 is 0.980 bits per heavy atom.